The van der Waals surface area contributed by atoms with Gasteiger partial charge in [-0.1, -0.05) is 38.4 Å². The van der Waals surface area contributed by atoms with E-state index in [1.165, 1.54) is 0 Å². The van der Waals surface area contributed by atoms with Crippen molar-refractivity contribution in [3.63, 3.8) is 0 Å². The van der Waals surface area contributed by atoms with Crippen molar-refractivity contribution in [2.24, 2.45) is 5.41 Å². The fourth-order valence-corrected chi connectivity index (χ4v) is 1.61. The van der Waals surface area contributed by atoms with Crippen LogP contribution >= 0.6 is 11.6 Å². The number of Topliss-reactive ketones (excluding diaryl/α,β-unsaturated/α-hetero) is 1. The number of benzene rings is 1. The number of hydrogen-bond acceptors (Lipinski definition) is 1. The van der Waals surface area contributed by atoms with Crippen LogP contribution in [0.3, 0.4) is 0 Å². The first-order chi connectivity index (χ1) is 7.53. The highest BCUT2D eigenvalue weighted by Gasteiger charge is 2.34. The Bertz CT molecular complexity index is 444. The van der Waals surface area contributed by atoms with E-state index in [0.29, 0.717) is 0 Å². The Morgan fingerprint density at radius 3 is 2.06 bits per heavy atom. The highest BCUT2D eigenvalue weighted by atomic mass is 35.5. The molecule has 5 heteroatoms. The SMILES string of the molecule is CC(C)(C)C(=O)c1ccc(C(F)(F)F)c(Cl)c1. The number of rotatable bonds is 1. The smallest absolute Gasteiger partial charge is 0.294 e. The fourth-order valence-electron chi connectivity index (χ4n) is 1.32. The lowest BCUT2D eigenvalue weighted by atomic mass is 9.86. The maximum absolute atomic E-state index is 12.4. The third-order valence-electron chi connectivity index (χ3n) is 2.22. The third kappa shape index (κ3) is 3.22. The zero-order chi connectivity index (χ0) is 13.4. The normalized spacial score (nSPS) is 12.6. The minimum absolute atomic E-state index is 0.190. The summed E-state index contributed by atoms with van der Waals surface area (Å²) in [6, 6.07) is 3.06. The first-order valence-electron chi connectivity index (χ1n) is 4.95. The molecule has 0 fully saturated rings. The first-order valence-corrected chi connectivity index (χ1v) is 5.33. The van der Waals surface area contributed by atoms with Crippen molar-refractivity contribution >= 4 is 17.4 Å². The summed E-state index contributed by atoms with van der Waals surface area (Å²) in [5.74, 6) is -0.242. The third-order valence-corrected chi connectivity index (χ3v) is 2.53. The van der Waals surface area contributed by atoms with Gasteiger partial charge in [0.2, 0.25) is 0 Å². The molecule has 0 saturated heterocycles. The molecule has 0 aromatic heterocycles. The van der Waals surface area contributed by atoms with Gasteiger partial charge in [0.05, 0.1) is 10.6 Å². The zero-order valence-electron chi connectivity index (χ0n) is 9.65. The predicted octanol–water partition coefficient (Wildman–Crippen LogP) is 4.59. The van der Waals surface area contributed by atoms with E-state index in [1.54, 1.807) is 20.8 Å². The van der Waals surface area contributed by atoms with Crippen LogP contribution in [0.2, 0.25) is 5.02 Å². The molecule has 94 valence electrons. The van der Waals surface area contributed by atoms with Gasteiger partial charge in [-0.2, -0.15) is 13.2 Å². The van der Waals surface area contributed by atoms with Crippen molar-refractivity contribution in [3.8, 4) is 0 Å². The average molecular weight is 265 g/mol. The Morgan fingerprint density at radius 2 is 1.71 bits per heavy atom. The monoisotopic (exact) mass is 264 g/mol. The van der Waals surface area contributed by atoms with Gasteiger partial charge in [-0.15, -0.1) is 0 Å². The maximum atomic E-state index is 12.4. The quantitative estimate of drug-likeness (QED) is 0.678. The van der Waals surface area contributed by atoms with Gasteiger partial charge in [0.15, 0.2) is 5.78 Å². The molecule has 0 spiro atoms. The van der Waals surface area contributed by atoms with E-state index in [4.69, 9.17) is 11.6 Å². The number of ketones is 1. The summed E-state index contributed by atoms with van der Waals surface area (Å²) >= 11 is 5.54. The van der Waals surface area contributed by atoms with Crippen LogP contribution in [0.25, 0.3) is 0 Å². The zero-order valence-corrected chi connectivity index (χ0v) is 10.4. The summed E-state index contributed by atoms with van der Waals surface area (Å²) in [6.07, 6.45) is -4.50. The molecule has 0 bridgehead atoms. The molecule has 0 heterocycles. The van der Waals surface area contributed by atoms with Crippen LogP contribution in [-0.4, -0.2) is 5.78 Å². The Kier molecular flexibility index (Phi) is 3.58. The van der Waals surface area contributed by atoms with E-state index < -0.39 is 22.2 Å². The van der Waals surface area contributed by atoms with Gasteiger partial charge in [-0.3, -0.25) is 4.79 Å². The number of halogens is 4. The van der Waals surface area contributed by atoms with Crippen molar-refractivity contribution in [2.75, 3.05) is 0 Å². The molecule has 1 nitrogen and oxygen atoms in total. The first kappa shape index (κ1) is 14.0. The van der Waals surface area contributed by atoms with E-state index in [9.17, 15) is 18.0 Å². The van der Waals surface area contributed by atoms with Gasteiger partial charge in [-0.05, 0) is 12.1 Å². The number of hydrogen-bond donors (Lipinski definition) is 0. The topological polar surface area (TPSA) is 17.1 Å². The summed E-state index contributed by atoms with van der Waals surface area (Å²) < 4.78 is 37.3. The van der Waals surface area contributed by atoms with E-state index in [0.717, 1.165) is 18.2 Å². The molecule has 1 aromatic rings. The van der Waals surface area contributed by atoms with E-state index in [2.05, 4.69) is 0 Å². The number of carbonyl (C=O) groups excluding carboxylic acids is 1. The minimum Gasteiger partial charge on any atom is -0.294 e. The lowest BCUT2D eigenvalue weighted by Gasteiger charge is -2.17. The molecule has 0 amide bonds. The van der Waals surface area contributed by atoms with Gasteiger partial charge < -0.3 is 0 Å². The molecule has 17 heavy (non-hydrogen) atoms. The van der Waals surface area contributed by atoms with Crippen LogP contribution in [0.4, 0.5) is 13.2 Å². The molecule has 1 rings (SSSR count). The van der Waals surface area contributed by atoms with E-state index in [1.807, 2.05) is 0 Å². The summed E-state index contributed by atoms with van der Waals surface area (Å²) in [6.45, 7) is 5.09. The second kappa shape index (κ2) is 4.33. The van der Waals surface area contributed by atoms with E-state index in [-0.39, 0.29) is 11.3 Å². The standard InChI is InChI=1S/C12H12ClF3O/c1-11(2,3)10(17)7-4-5-8(9(13)6-7)12(14,15)16/h4-6H,1-3H3. The molecule has 0 radical (unpaired) electrons. The average Bonchev–Trinajstić information content (AvgIpc) is 2.12. The number of alkyl halides is 3. The molecular formula is C12H12ClF3O. The number of carbonyl (C=O) groups is 1. The maximum Gasteiger partial charge on any atom is 0.417 e. The molecular weight excluding hydrogens is 253 g/mol. The van der Waals surface area contributed by atoms with E-state index >= 15 is 0 Å². The van der Waals surface area contributed by atoms with Crippen LogP contribution < -0.4 is 0 Å². The Labute approximate surface area is 103 Å². The van der Waals surface area contributed by atoms with Crippen LogP contribution in [0, 0.1) is 5.41 Å². The lowest BCUT2D eigenvalue weighted by molar-refractivity contribution is -0.137. The molecule has 0 N–H and O–H groups in total. The second-order valence-electron chi connectivity index (χ2n) is 4.77. The van der Waals surface area contributed by atoms with Crippen molar-refractivity contribution in [3.05, 3.63) is 34.3 Å². The van der Waals surface area contributed by atoms with Gasteiger partial charge in [0.25, 0.3) is 0 Å². The molecule has 0 saturated carbocycles. The van der Waals surface area contributed by atoms with Crippen molar-refractivity contribution in [1.82, 2.24) is 0 Å². The Balaban J connectivity index is 3.19. The highest BCUT2D eigenvalue weighted by Crippen LogP contribution is 2.35. The molecule has 1 aromatic carbocycles. The molecule has 0 aliphatic rings. The van der Waals surface area contributed by atoms with Crippen molar-refractivity contribution in [2.45, 2.75) is 26.9 Å². The highest BCUT2D eigenvalue weighted by molar-refractivity contribution is 6.31. The summed E-state index contributed by atoms with van der Waals surface area (Å²) in [5.41, 5.74) is -1.39. The second-order valence-corrected chi connectivity index (χ2v) is 5.18. The minimum atomic E-state index is -4.50. The van der Waals surface area contributed by atoms with Gasteiger partial charge >= 0.3 is 6.18 Å². The van der Waals surface area contributed by atoms with Gasteiger partial charge in [0.1, 0.15) is 0 Å². The van der Waals surface area contributed by atoms with Crippen molar-refractivity contribution < 1.29 is 18.0 Å². The largest absolute Gasteiger partial charge is 0.417 e. The summed E-state index contributed by atoms with van der Waals surface area (Å²) in [5, 5.41) is -0.451. The summed E-state index contributed by atoms with van der Waals surface area (Å²) in [7, 11) is 0. The molecule has 0 atom stereocenters. The van der Waals surface area contributed by atoms with Crippen LogP contribution in [0.15, 0.2) is 18.2 Å². The van der Waals surface area contributed by atoms with Gasteiger partial charge in [-0.25, -0.2) is 0 Å². The molecule has 0 aliphatic carbocycles. The molecule has 0 unspecified atom stereocenters. The van der Waals surface area contributed by atoms with Crippen molar-refractivity contribution in [1.29, 1.82) is 0 Å². The fraction of sp³-hybridized carbons (Fsp3) is 0.417. The summed E-state index contributed by atoms with van der Waals surface area (Å²) in [4.78, 5) is 11.8. The van der Waals surface area contributed by atoms with Gasteiger partial charge in [0, 0.05) is 11.0 Å². The predicted molar refractivity (Wildman–Crippen MR) is 60.2 cm³/mol. The van der Waals surface area contributed by atoms with Crippen LogP contribution in [0.5, 0.6) is 0 Å². The lowest BCUT2D eigenvalue weighted by Crippen LogP contribution is -2.20. The Morgan fingerprint density at radius 1 is 1.18 bits per heavy atom. The van der Waals surface area contributed by atoms with Crippen LogP contribution in [-0.2, 0) is 6.18 Å². The Hall–Kier alpha value is -1.03. The van der Waals surface area contributed by atoms with Crippen LogP contribution in [0.1, 0.15) is 36.7 Å². The molecule has 0 aliphatic heterocycles.